The second-order valence-corrected chi connectivity index (χ2v) is 7.71. The first-order chi connectivity index (χ1) is 15.5. The highest BCUT2D eigenvalue weighted by Gasteiger charge is 2.32. The molecular formula is C24H25FN4O3. The van der Waals surface area contributed by atoms with Crippen molar-refractivity contribution >= 4 is 17.7 Å². The summed E-state index contributed by atoms with van der Waals surface area (Å²) in [7, 11) is 0. The van der Waals surface area contributed by atoms with Gasteiger partial charge in [0.05, 0.1) is 18.8 Å². The van der Waals surface area contributed by atoms with Crippen molar-refractivity contribution in [2.75, 3.05) is 18.0 Å². The molecule has 1 aliphatic rings. The first kappa shape index (κ1) is 21.6. The van der Waals surface area contributed by atoms with Crippen LogP contribution in [0.15, 0.2) is 60.8 Å². The lowest BCUT2D eigenvalue weighted by Crippen LogP contribution is -2.33. The number of aromatic nitrogens is 1. The van der Waals surface area contributed by atoms with Crippen LogP contribution in [0.5, 0.6) is 0 Å². The van der Waals surface area contributed by atoms with Crippen LogP contribution in [-0.2, 0) is 22.6 Å². The highest BCUT2D eigenvalue weighted by Crippen LogP contribution is 2.29. The molecule has 1 fully saturated rings. The van der Waals surface area contributed by atoms with Gasteiger partial charge in [-0.3, -0.25) is 9.69 Å². The van der Waals surface area contributed by atoms with E-state index in [4.69, 9.17) is 4.74 Å². The van der Waals surface area contributed by atoms with Crippen LogP contribution in [-0.4, -0.2) is 36.2 Å². The van der Waals surface area contributed by atoms with Gasteiger partial charge in [-0.25, -0.2) is 9.18 Å². The predicted octanol–water partition coefficient (Wildman–Crippen LogP) is 3.57. The van der Waals surface area contributed by atoms with E-state index in [1.807, 2.05) is 42.6 Å². The molecule has 166 valence electrons. The Kier molecular flexibility index (Phi) is 6.51. The van der Waals surface area contributed by atoms with Crippen LogP contribution in [0.2, 0.25) is 0 Å². The minimum Gasteiger partial charge on any atom is -0.442 e. The Balaban J connectivity index is 1.38. The monoisotopic (exact) mass is 436 g/mol. The minimum atomic E-state index is -0.552. The third kappa shape index (κ3) is 5.15. The summed E-state index contributed by atoms with van der Waals surface area (Å²) in [5.74, 6) is -0.615. The van der Waals surface area contributed by atoms with Gasteiger partial charge < -0.3 is 20.4 Å². The smallest absolute Gasteiger partial charge is 0.414 e. The molecule has 4 rings (SSSR count). The lowest BCUT2D eigenvalue weighted by molar-refractivity contribution is -0.119. The summed E-state index contributed by atoms with van der Waals surface area (Å²) in [5.41, 5.74) is 3.86. The fourth-order valence-corrected chi connectivity index (χ4v) is 3.62. The molecule has 1 atom stereocenters. The van der Waals surface area contributed by atoms with E-state index in [0.29, 0.717) is 17.8 Å². The molecule has 1 aliphatic heterocycles. The van der Waals surface area contributed by atoms with Crippen molar-refractivity contribution in [3.8, 4) is 11.1 Å². The van der Waals surface area contributed by atoms with E-state index in [0.717, 1.165) is 23.4 Å². The van der Waals surface area contributed by atoms with Gasteiger partial charge in [0, 0.05) is 37.5 Å². The molecule has 0 radical (unpaired) electrons. The Bertz CT molecular complexity index is 1080. The van der Waals surface area contributed by atoms with Crippen molar-refractivity contribution in [3.05, 3.63) is 77.9 Å². The van der Waals surface area contributed by atoms with Gasteiger partial charge in [0.1, 0.15) is 11.9 Å². The van der Waals surface area contributed by atoms with Crippen molar-refractivity contribution in [2.45, 2.75) is 26.1 Å². The van der Waals surface area contributed by atoms with Crippen molar-refractivity contribution in [3.63, 3.8) is 0 Å². The molecule has 1 aromatic heterocycles. The summed E-state index contributed by atoms with van der Waals surface area (Å²) in [6, 6.07) is 16.4. The Hall–Kier alpha value is -3.65. The lowest BCUT2D eigenvalue weighted by Gasteiger charge is -2.15. The Morgan fingerprint density at radius 2 is 2.00 bits per heavy atom. The summed E-state index contributed by atoms with van der Waals surface area (Å²) < 4.78 is 20.1. The largest absolute Gasteiger partial charge is 0.442 e. The van der Waals surface area contributed by atoms with Gasteiger partial charge in [0.2, 0.25) is 5.91 Å². The van der Waals surface area contributed by atoms with Crippen molar-refractivity contribution < 1.29 is 18.7 Å². The van der Waals surface area contributed by atoms with E-state index >= 15 is 0 Å². The molecule has 2 amide bonds. The average Bonchev–Trinajstić information content (AvgIpc) is 3.42. The van der Waals surface area contributed by atoms with E-state index in [9.17, 15) is 14.0 Å². The summed E-state index contributed by atoms with van der Waals surface area (Å²) in [5, 5.41) is 5.98. The number of aromatic amines is 1. The fourth-order valence-electron chi connectivity index (χ4n) is 3.62. The Morgan fingerprint density at radius 1 is 1.19 bits per heavy atom. The van der Waals surface area contributed by atoms with Gasteiger partial charge in [-0.05, 0) is 41.5 Å². The number of anilines is 1. The zero-order chi connectivity index (χ0) is 22.5. The molecule has 0 saturated carbocycles. The summed E-state index contributed by atoms with van der Waals surface area (Å²) in [4.78, 5) is 27.7. The Labute approximate surface area is 185 Å². The number of carbonyl (C=O) groups excluding carboxylic acids is 2. The molecule has 0 aliphatic carbocycles. The lowest BCUT2D eigenvalue weighted by atomic mass is 10.0. The Morgan fingerprint density at radius 3 is 2.69 bits per heavy atom. The molecule has 2 aromatic carbocycles. The number of benzene rings is 2. The van der Waals surface area contributed by atoms with Gasteiger partial charge in [-0.2, -0.15) is 0 Å². The molecule has 2 heterocycles. The maximum absolute atomic E-state index is 14.9. The third-order valence-corrected chi connectivity index (χ3v) is 5.29. The topological polar surface area (TPSA) is 86.5 Å². The first-order valence-corrected chi connectivity index (χ1v) is 10.4. The maximum Gasteiger partial charge on any atom is 0.414 e. The van der Waals surface area contributed by atoms with Crippen molar-refractivity contribution in [2.24, 2.45) is 0 Å². The van der Waals surface area contributed by atoms with Crippen LogP contribution >= 0.6 is 0 Å². The number of amides is 2. The number of H-pyrrole nitrogens is 1. The number of nitrogens with zero attached hydrogens (tertiary/aromatic N) is 1. The standard InChI is InChI=1S/C24H25FN4O3/c1-16(30)28-14-21-15-29(24(31)32-21)20-8-9-22(23(25)11-20)18-6-4-17(5-7-18)12-26-13-19-3-2-10-27-19/h2-11,21,26-27H,12-15H2,1H3,(H,28,30). The molecule has 7 nitrogen and oxygen atoms in total. The highest BCUT2D eigenvalue weighted by molar-refractivity contribution is 5.90. The fraction of sp³-hybridized carbons (Fsp3) is 0.250. The van der Waals surface area contributed by atoms with Gasteiger partial charge in [-0.1, -0.05) is 24.3 Å². The average molecular weight is 436 g/mol. The highest BCUT2D eigenvalue weighted by atomic mass is 19.1. The van der Waals surface area contributed by atoms with Crippen LogP contribution in [0.4, 0.5) is 14.9 Å². The van der Waals surface area contributed by atoms with Crippen LogP contribution in [0.25, 0.3) is 11.1 Å². The predicted molar refractivity (Wildman–Crippen MR) is 119 cm³/mol. The van der Waals surface area contributed by atoms with Gasteiger partial charge in [0.25, 0.3) is 0 Å². The molecule has 3 aromatic rings. The number of ether oxygens (including phenoxy) is 1. The van der Waals surface area contributed by atoms with E-state index in [2.05, 4.69) is 15.6 Å². The van der Waals surface area contributed by atoms with E-state index in [-0.39, 0.29) is 19.0 Å². The van der Waals surface area contributed by atoms with E-state index in [1.54, 1.807) is 12.1 Å². The number of cyclic esters (lactones) is 1. The van der Waals surface area contributed by atoms with E-state index in [1.165, 1.54) is 17.9 Å². The normalized spacial score (nSPS) is 15.6. The van der Waals surface area contributed by atoms with Crippen LogP contribution in [0, 0.1) is 5.82 Å². The second-order valence-electron chi connectivity index (χ2n) is 7.71. The number of hydrogen-bond acceptors (Lipinski definition) is 4. The van der Waals surface area contributed by atoms with Gasteiger partial charge in [-0.15, -0.1) is 0 Å². The summed E-state index contributed by atoms with van der Waals surface area (Å²) >= 11 is 0. The quantitative estimate of drug-likeness (QED) is 0.504. The molecule has 0 bridgehead atoms. The number of carbonyl (C=O) groups is 2. The molecule has 3 N–H and O–H groups in total. The van der Waals surface area contributed by atoms with Crippen LogP contribution in [0.3, 0.4) is 0 Å². The second kappa shape index (κ2) is 9.65. The van der Waals surface area contributed by atoms with Crippen LogP contribution < -0.4 is 15.5 Å². The zero-order valence-electron chi connectivity index (χ0n) is 17.7. The molecule has 8 heteroatoms. The molecule has 32 heavy (non-hydrogen) atoms. The molecule has 0 spiro atoms. The molecular weight excluding hydrogens is 411 g/mol. The SMILES string of the molecule is CC(=O)NCC1CN(c2ccc(-c3ccc(CNCc4ccc[nH]4)cc3)c(F)c2)C(=O)O1. The first-order valence-electron chi connectivity index (χ1n) is 10.4. The summed E-state index contributed by atoms with van der Waals surface area (Å²) in [6.07, 6.45) is 0.874. The van der Waals surface area contributed by atoms with Crippen molar-refractivity contribution in [1.82, 2.24) is 15.6 Å². The number of hydrogen-bond donors (Lipinski definition) is 3. The number of halogens is 1. The molecule has 1 unspecified atom stereocenters. The van der Waals surface area contributed by atoms with Gasteiger partial charge >= 0.3 is 6.09 Å². The van der Waals surface area contributed by atoms with Crippen LogP contribution in [0.1, 0.15) is 18.2 Å². The van der Waals surface area contributed by atoms with Gasteiger partial charge in [0.15, 0.2) is 0 Å². The maximum atomic E-state index is 14.9. The van der Waals surface area contributed by atoms with Crippen molar-refractivity contribution in [1.29, 1.82) is 0 Å². The zero-order valence-corrected chi connectivity index (χ0v) is 17.7. The third-order valence-electron chi connectivity index (χ3n) is 5.29. The summed E-state index contributed by atoms with van der Waals surface area (Å²) in [6.45, 7) is 3.33. The molecule has 1 saturated heterocycles. The minimum absolute atomic E-state index is 0.197. The number of nitrogens with one attached hydrogen (secondary N) is 3. The van der Waals surface area contributed by atoms with E-state index < -0.39 is 18.0 Å². The number of rotatable bonds is 8.